The third kappa shape index (κ3) is 5.07. The van der Waals surface area contributed by atoms with Gasteiger partial charge in [-0.15, -0.1) is 0 Å². The van der Waals surface area contributed by atoms with Crippen molar-refractivity contribution in [2.75, 3.05) is 13.7 Å². The second kappa shape index (κ2) is 9.02. The standard InChI is InChI=1S/C21H31NO3/c1-14(2)17-11-10-15(3)12-18(17)20(23)22-13-19(21(24)25-4)16-8-6-5-7-9-16/h5-9,14-15,17-19H,10-13H2,1-4H3,(H,22,23)/t15?,17-,18+,19?/m0/s1. The lowest BCUT2D eigenvalue weighted by atomic mass is 9.70. The van der Waals surface area contributed by atoms with Gasteiger partial charge in [-0.2, -0.15) is 0 Å². The molecule has 1 aromatic carbocycles. The maximum atomic E-state index is 12.8. The van der Waals surface area contributed by atoms with Crippen molar-refractivity contribution in [3.05, 3.63) is 35.9 Å². The molecule has 138 valence electrons. The van der Waals surface area contributed by atoms with Crippen LogP contribution in [-0.4, -0.2) is 25.5 Å². The summed E-state index contributed by atoms with van der Waals surface area (Å²) in [5.74, 6) is 0.833. The summed E-state index contributed by atoms with van der Waals surface area (Å²) in [6.07, 6.45) is 3.24. The Morgan fingerprint density at radius 1 is 1.20 bits per heavy atom. The summed E-state index contributed by atoms with van der Waals surface area (Å²) in [5.41, 5.74) is 0.868. The number of carbonyl (C=O) groups is 2. The second-order valence-corrected chi connectivity index (χ2v) is 7.66. The molecule has 1 saturated carbocycles. The summed E-state index contributed by atoms with van der Waals surface area (Å²) < 4.78 is 4.93. The summed E-state index contributed by atoms with van der Waals surface area (Å²) in [7, 11) is 1.39. The van der Waals surface area contributed by atoms with Crippen LogP contribution >= 0.6 is 0 Å². The largest absolute Gasteiger partial charge is 0.468 e. The molecule has 1 amide bonds. The molecule has 2 rings (SSSR count). The van der Waals surface area contributed by atoms with Crippen LogP contribution < -0.4 is 5.32 Å². The number of hydrogen-bond donors (Lipinski definition) is 1. The molecule has 1 fully saturated rings. The van der Waals surface area contributed by atoms with Crippen molar-refractivity contribution in [2.45, 2.75) is 46.0 Å². The average Bonchev–Trinajstić information content (AvgIpc) is 2.61. The van der Waals surface area contributed by atoms with Crippen molar-refractivity contribution in [3.63, 3.8) is 0 Å². The molecule has 4 atom stereocenters. The molecule has 1 aliphatic carbocycles. The van der Waals surface area contributed by atoms with Gasteiger partial charge in [-0.05, 0) is 36.2 Å². The smallest absolute Gasteiger partial charge is 0.314 e. The van der Waals surface area contributed by atoms with E-state index in [-0.39, 0.29) is 24.3 Å². The highest BCUT2D eigenvalue weighted by Gasteiger charge is 2.35. The van der Waals surface area contributed by atoms with Gasteiger partial charge in [-0.1, -0.05) is 57.5 Å². The molecule has 1 aliphatic rings. The molecular formula is C21H31NO3. The molecule has 0 bridgehead atoms. The lowest BCUT2D eigenvalue weighted by molar-refractivity contribution is -0.142. The summed E-state index contributed by atoms with van der Waals surface area (Å²) in [5, 5.41) is 3.03. The SMILES string of the molecule is COC(=O)C(CNC(=O)[C@@H]1CC(C)CC[C@H]1C(C)C)c1ccccc1. The molecule has 0 spiro atoms. The number of hydrogen-bond acceptors (Lipinski definition) is 3. The van der Waals surface area contributed by atoms with Gasteiger partial charge in [0.25, 0.3) is 0 Å². The predicted octanol–water partition coefficient (Wildman–Crippen LogP) is 3.77. The Morgan fingerprint density at radius 3 is 2.48 bits per heavy atom. The Bertz CT molecular complexity index is 570. The fourth-order valence-electron chi connectivity index (χ4n) is 4.00. The van der Waals surface area contributed by atoms with E-state index in [0.29, 0.717) is 17.8 Å². The summed E-state index contributed by atoms with van der Waals surface area (Å²) in [4.78, 5) is 25.0. The zero-order chi connectivity index (χ0) is 18.4. The van der Waals surface area contributed by atoms with Crippen molar-refractivity contribution < 1.29 is 14.3 Å². The van der Waals surface area contributed by atoms with Gasteiger partial charge in [0.1, 0.15) is 0 Å². The molecule has 4 nitrogen and oxygen atoms in total. The molecule has 0 aliphatic heterocycles. The van der Waals surface area contributed by atoms with E-state index < -0.39 is 5.92 Å². The molecular weight excluding hydrogens is 314 g/mol. The molecule has 1 N–H and O–H groups in total. The van der Waals surface area contributed by atoms with Gasteiger partial charge < -0.3 is 10.1 Å². The predicted molar refractivity (Wildman–Crippen MR) is 99.0 cm³/mol. The fourth-order valence-corrected chi connectivity index (χ4v) is 4.00. The van der Waals surface area contributed by atoms with Crippen LogP contribution in [0.15, 0.2) is 30.3 Å². The first-order chi connectivity index (χ1) is 11.9. The number of esters is 1. The van der Waals surface area contributed by atoms with E-state index in [4.69, 9.17) is 4.74 Å². The van der Waals surface area contributed by atoms with Crippen LogP contribution in [-0.2, 0) is 14.3 Å². The van der Waals surface area contributed by atoms with Gasteiger partial charge in [-0.25, -0.2) is 0 Å². The van der Waals surface area contributed by atoms with Gasteiger partial charge >= 0.3 is 5.97 Å². The number of amides is 1. The van der Waals surface area contributed by atoms with Gasteiger partial charge in [0, 0.05) is 12.5 Å². The normalized spacial score (nSPS) is 24.6. The number of ether oxygens (including phenoxy) is 1. The van der Waals surface area contributed by atoms with Crippen molar-refractivity contribution in [2.24, 2.45) is 23.7 Å². The first kappa shape index (κ1) is 19.5. The molecule has 1 aromatic rings. The second-order valence-electron chi connectivity index (χ2n) is 7.66. The zero-order valence-corrected chi connectivity index (χ0v) is 15.8. The number of nitrogens with one attached hydrogen (secondary N) is 1. The number of benzene rings is 1. The third-order valence-corrected chi connectivity index (χ3v) is 5.53. The van der Waals surface area contributed by atoms with Crippen LogP contribution in [0.25, 0.3) is 0 Å². The molecule has 2 unspecified atom stereocenters. The van der Waals surface area contributed by atoms with Crippen LogP contribution in [0.1, 0.15) is 51.5 Å². The van der Waals surface area contributed by atoms with Gasteiger partial charge in [-0.3, -0.25) is 9.59 Å². The van der Waals surface area contributed by atoms with E-state index in [1.807, 2.05) is 30.3 Å². The van der Waals surface area contributed by atoms with Crippen molar-refractivity contribution in [1.82, 2.24) is 5.32 Å². The molecule has 0 radical (unpaired) electrons. The Hall–Kier alpha value is -1.84. The highest BCUT2D eigenvalue weighted by molar-refractivity contribution is 5.82. The van der Waals surface area contributed by atoms with E-state index in [1.54, 1.807) is 0 Å². The van der Waals surface area contributed by atoms with Gasteiger partial charge in [0.05, 0.1) is 13.0 Å². The van der Waals surface area contributed by atoms with Crippen molar-refractivity contribution >= 4 is 11.9 Å². The number of methoxy groups -OCH3 is 1. The minimum Gasteiger partial charge on any atom is -0.468 e. The summed E-state index contributed by atoms with van der Waals surface area (Å²) in [6, 6.07) is 9.49. The van der Waals surface area contributed by atoms with Gasteiger partial charge in [0.2, 0.25) is 5.91 Å². The zero-order valence-electron chi connectivity index (χ0n) is 15.8. The quantitative estimate of drug-likeness (QED) is 0.799. The lowest BCUT2D eigenvalue weighted by Crippen LogP contribution is -2.42. The fraction of sp³-hybridized carbons (Fsp3) is 0.619. The third-order valence-electron chi connectivity index (χ3n) is 5.53. The number of carbonyl (C=O) groups excluding carboxylic acids is 2. The molecule has 0 aromatic heterocycles. The molecule has 0 heterocycles. The summed E-state index contributed by atoms with van der Waals surface area (Å²) in [6.45, 7) is 6.90. The highest BCUT2D eigenvalue weighted by atomic mass is 16.5. The maximum absolute atomic E-state index is 12.8. The van der Waals surface area contributed by atoms with E-state index in [9.17, 15) is 9.59 Å². The topological polar surface area (TPSA) is 55.4 Å². The van der Waals surface area contributed by atoms with E-state index >= 15 is 0 Å². The Kier molecular flexibility index (Phi) is 7.03. The van der Waals surface area contributed by atoms with E-state index in [0.717, 1.165) is 18.4 Å². The minimum absolute atomic E-state index is 0.0396. The first-order valence-electron chi connectivity index (χ1n) is 9.34. The monoisotopic (exact) mass is 345 g/mol. The number of rotatable bonds is 6. The Labute approximate surface area is 151 Å². The van der Waals surface area contributed by atoms with Crippen LogP contribution in [0.2, 0.25) is 0 Å². The Balaban J connectivity index is 2.05. The summed E-state index contributed by atoms with van der Waals surface area (Å²) >= 11 is 0. The van der Waals surface area contributed by atoms with Crippen molar-refractivity contribution in [3.8, 4) is 0 Å². The van der Waals surface area contributed by atoms with Crippen LogP contribution in [0.4, 0.5) is 0 Å². The first-order valence-corrected chi connectivity index (χ1v) is 9.34. The van der Waals surface area contributed by atoms with Crippen molar-refractivity contribution in [1.29, 1.82) is 0 Å². The van der Waals surface area contributed by atoms with Gasteiger partial charge in [0.15, 0.2) is 0 Å². The minimum atomic E-state index is -0.464. The molecule has 0 saturated heterocycles. The Morgan fingerprint density at radius 2 is 1.88 bits per heavy atom. The van der Waals surface area contributed by atoms with E-state index in [1.165, 1.54) is 13.5 Å². The van der Waals surface area contributed by atoms with Crippen LogP contribution in [0, 0.1) is 23.7 Å². The van der Waals surface area contributed by atoms with E-state index in [2.05, 4.69) is 26.1 Å². The lowest BCUT2D eigenvalue weighted by Gasteiger charge is -2.36. The van der Waals surface area contributed by atoms with Crippen LogP contribution in [0.5, 0.6) is 0 Å². The van der Waals surface area contributed by atoms with Crippen LogP contribution in [0.3, 0.4) is 0 Å². The highest BCUT2D eigenvalue weighted by Crippen LogP contribution is 2.38. The maximum Gasteiger partial charge on any atom is 0.314 e. The average molecular weight is 345 g/mol. The molecule has 4 heteroatoms. The molecule has 25 heavy (non-hydrogen) atoms.